The molecule has 0 radical (unpaired) electrons. The van der Waals surface area contributed by atoms with Gasteiger partial charge in [0.15, 0.2) is 11.5 Å². The van der Waals surface area contributed by atoms with Crippen molar-refractivity contribution < 1.29 is 14.2 Å². The van der Waals surface area contributed by atoms with Gasteiger partial charge in [-0.15, -0.1) is 0 Å². The van der Waals surface area contributed by atoms with Gasteiger partial charge >= 0.3 is 0 Å². The fourth-order valence-corrected chi connectivity index (χ4v) is 2.71. The highest BCUT2D eigenvalue weighted by molar-refractivity contribution is 6.42. The van der Waals surface area contributed by atoms with Gasteiger partial charge in [0, 0.05) is 12.6 Å². The Balaban J connectivity index is 2.14. The molecule has 1 N–H and O–H groups in total. The van der Waals surface area contributed by atoms with Crippen molar-refractivity contribution in [1.82, 2.24) is 5.32 Å². The number of hydrogen-bond acceptors (Lipinski definition) is 4. The van der Waals surface area contributed by atoms with Crippen LogP contribution in [0.5, 0.6) is 17.2 Å². The average Bonchev–Trinajstić information content (AvgIpc) is 2.60. The van der Waals surface area contributed by atoms with Gasteiger partial charge in [-0.3, -0.25) is 0 Å². The molecular formula is C18H21Cl2NO3. The maximum Gasteiger partial charge on any atom is 0.203 e. The highest BCUT2D eigenvalue weighted by Crippen LogP contribution is 2.38. The zero-order valence-corrected chi connectivity index (χ0v) is 15.7. The number of halogens is 2. The minimum absolute atomic E-state index is 0.110. The minimum atomic E-state index is 0.110. The predicted molar refractivity (Wildman–Crippen MR) is 97.8 cm³/mol. The van der Waals surface area contributed by atoms with Gasteiger partial charge < -0.3 is 19.5 Å². The smallest absolute Gasteiger partial charge is 0.203 e. The van der Waals surface area contributed by atoms with E-state index in [1.54, 1.807) is 27.4 Å². The molecule has 6 heteroatoms. The van der Waals surface area contributed by atoms with Crippen molar-refractivity contribution in [3.8, 4) is 17.2 Å². The summed E-state index contributed by atoms with van der Waals surface area (Å²) in [6.45, 7) is 2.70. The van der Waals surface area contributed by atoms with E-state index in [9.17, 15) is 0 Å². The molecule has 0 saturated heterocycles. The molecule has 0 aromatic heterocycles. The van der Waals surface area contributed by atoms with Crippen molar-refractivity contribution >= 4 is 23.2 Å². The van der Waals surface area contributed by atoms with Gasteiger partial charge in [0.25, 0.3) is 0 Å². The first kappa shape index (κ1) is 18.7. The Kier molecular flexibility index (Phi) is 6.60. The number of benzene rings is 2. The van der Waals surface area contributed by atoms with E-state index in [2.05, 4.69) is 12.2 Å². The van der Waals surface area contributed by atoms with Gasteiger partial charge in [0.1, 0.15) is 0 Å². The van der Waals surface area contributed by atoms with Gasteiger partial charge in [-0.1, -0.05) is 29.3 Å². The van der Waals surface area contributed by atoms with Crippen LogP contribution in [0.25, 0.3) is 0 Å². The summed E-state index contributed by atoms with van der Waals surface area (Å²) in [5.74, 6) is 1.85. The van der Waals surface area contributed by atoms with Crippen LogP contribution in [0.4, 0.5) is 0 Å². The SMILES string of the molecule is COc1cc(CNC(C)c2ccc(Cl)c(Cl)c2)cc(OC)c1OC. The first-order valence-corrected chi connectivity index (χ1v) is 8.23. The second-order valence-corrected chi connectivity index (χ2v) is 6.12. The summed E-state index contributed by atoms with van der Waals surface area (Å²) in [6, 6.07) is 9.60. The van der Waals surface area contributed by atoms with Crippen LogP contribution >= 0.6 is 23.2 Å². The molecule has 0 spiro atoms. The minimum Gasteiger partial charge on any atom is -0.493 e. The number of rotatable bonds is 7. The molecule has 4 nitrogen and oxygen atoms in total. The van der Waals surface area contributed by atoms with Crippen LogP contribution in [-0.2, 0) is 6.54 Å². The number of nitrogens with one attached hydrogen (secondary N) is 1. The molecule has 2 aromatic carbocycles. The van der Waals surface area contributed by atoms with E-state index in [0.717, 1.165) is 11.1 Å². The summed E-state index contributed by atoms with van der Waals surface area (Å²) >= 11 is 12.0. The Morgan fingerprint density at radius 3 is 2.04 bits per heavy atom. The third-order valence-corrected chi connectivity index (χ3v) is 4.52. The summed E-state index contributed by atoms with van der Waals surface area (Å²) in [6.07, 6.45) is 0. The Hall–Kier alpha value is -1.62. The Labute approximate surface area is 152 Å². The molecule has 130 valence electrons. The molecule has 1 atom stereocenters. The van der Waals surface area contributed by atoms with E-state index < -0.39 is 0 Å². The molecule has 0 aliphatic carbocycles. The van der Waals surface area contributed by atoms with E-state index in [4.69, 9.17) is 37.4 Å². The van der Waals surface area contributed by atoms with Crippen LogP contribution in [0, 0.1) is 0 Å². The summed E-state index contributed by atoms with van der Waals surface area (Å²) in [4.78, 5) is 0. The predicted octanol–water partition coefficient (Wildman–Crippen LogP) is 4.87. The summed E-state index contributed by atoms with van der Waals surface area (Å²) in [5, 5.41) is 4.55. The monoisotopic (exact) mass is 369 g/mol. The second-order valence-electron chi connectivity index (χ2n) is 5.31. The van der Waals surface area contributed by atoms with Gasteiger partial charge in [-0.2, -0.15) is 0 Å². The molecule has 0 amide bonds. The molecule has 2 aromatic rings. The summed E-state index contributed by atoms with van der Waals surface area (Å²) in [7, 11) is 4.80. The van der Waals surface area contributed by atoms with Gasteiger partial charge in [0.05, 0.1) is 31.4 Å². The molecule has 1 unspecified atom stereocenters. The maximum atomic E-state index is 6.08. The lowest BCUT2D eigenvalue weighted by Crippen LogP contribution is -2.18. The molecule has 0 fully saturated rings. The fourth-order valence-electron chi connectivity index (χ4n) is 2.41. The Morgan fingerprint density at radius 1 is 0.917 bits per heavy atom. The molecule has 0 aliphatic rings. The van der Waals surface area contributed by atoms with Crippen molar-refractivity contribution in [2.24, 2.45) is 0 Å². The molecule has 24 heavy (non-hydrogen) atoms. The quantitative estimate of drug-likeness (QED) is 0.755. The van der Waals surface area contributed by atoms with Crippen LogP contribution in [0.2, 0.25) is 10.0 Å². The lowest BCUT2D eigenvalue weighted by atomic mass is 10.1. The van der Waals surface area contributed by atoms with Crippen molar-refractivity contribution in [1.29, 1.82) is 0 Å². The van der Waals surface area contributed by atoms with Crippen molar-refractivity contribution in [3.05, 3.63) is 51.5 Å². The zero-order chi connectivity index (χ0) is 17.7. The largest absolute Gasteiger partial charge is 0.493 e. The van der Waals surface area contributed by atoms with Crippen molar-refractivity contribution in [2.75, 3.05) is 21.3 Å². The van der Waals surface area contributed by atoms with Crippen molar-refractivity contribution in [3.63, 3.8) is 0 Å². The first-order valence-electron chi connectivity index (χ1n) is 7.47. The van der Waals surface area contributed by atoms with Crippen molar-refractivity contribution in [2.45, 2.75) is 19.5 Å². The number of hydrogen-bond donors (Lipinski definition) is 1. The summed E-state index contributed by atoms with van der Waals surface area (Å²) < 4.78 is 16.1. The van der Waals surface area contributed by atoms with Crippen LogP contribution in [0.1, 0.15) is 24.1 Å². The second kappa shape index (κ2) is 8.47. The lowest BCUT2D eigenvalue weighted by molar-refractivity contribution is 0.323. The normalized spacial score (nSPS) is 11.9. The van der Waals surface area contributed by atoms with E-state index in [1.807, 2.05) is 24.3 Å². The molecule has 0 saturated carbocycles. The Bertz CT molecular complexity index is 682. The standard InChI is InChI=1S/C18H21Cl2NO3/c1-11(13-5-6-14(19)15(20)9-13)21-10-12-7-16(22-2)18(24-4)17(8-12)23-3/h5-9,11,21H,10H2,1-4H3. The van der Waals surface area contributed by atoms with Crippen LogP contribution < -0.4 is 19.5 Å². The van der Waals surface area contributed by atoms with Crippen LogP contribution in [0.3, 0.4) is 0 Å². The molecule has 0 bridgehead atoms. The highest BCUT2D eigenvalue weighted by Gasteiger charge is 2.14. The van der Waals surface area contributed by atoms with Crippen LogP contribution in [-0.4, -0.2) is 21.3 Å². The van der Waals surface area contributed by atoms with E-state index >= 15 is 0 Å². The lowest BCUT2D eigenvalue weighted by Gasteiger charge is -2.17. The summed E-state index contributed by atoms with van der Waals surface area (Å²) in [5.41, 5.74) is 2.09. The molecule has 2 rings (SSSR count). The van der Waals surface area contributed by atoms with Gasteiger partial charge in [0.2, 0.25) is 5.75 Å². The zero-order valence-electron chi connectivity index (χ0n) is 14.2. The van der Waals surface area contributed by atoms with Gasteiger partial charge in [-0.05, 0) is 42.3 Å². The molecule has 0 aliphatic heterocycles. The molecule has 0 heterocycles. The number of methoxy groups -OCH3 is 3. The third-order valence-electron chi connectivity index (χ3n) is 3.78. The Morgan fingerprint density at radius 2 is 1.54 bits per heavy atom. The fraction of sp³-hybridized carbons (Fsp3) is 0.333. The average molecular weight is 370 g/mol. The molecular weight excluding hydrogens is 349 g/mol. The van der Waals surface area contributed by atoms with E-state index in [0.29, 0.717) is 33.8 Å². The maximum absolute atomic E-state index is 6.08. The topological polar surface area (TPSA) is 39.7 Å². The highest BCUT2D eigenvalue weighted by atomic mass is 35.5. The number of ether oxygens (including phenoxy) is 3. The van der Waals surface area contributed by atoms with E-state index in [1.165, 1.54) is 0 Å². The third kappa shape index (κ3) is 4.26. The van der Waals surface area contributed by atoms with Gasteiger partial charge in [-0.25, -0.2) is 0 Å². The first-order chi connectivity index (χ1) is 11.5. The van der Waals surface area contributed by atoms with Crippen LogP contribution in [0.15, 0.2) is 30.3 Å². The van der Waals surface area contributed by atoms with E-state index in [-0.39, 0.29) is 6.04 Å².